The first-order chi connectivity index (χ1) is 13.5. The molecule has 4 aromatic heterocycles. The molecule has 1 aliphatic heterocycles. The summed E-state index contributed by atoms with van der Waals surface area (Å²) in [6.07, 6.45) is -0.897. The number of aromatic nitrogens is 7. The normalized spacial score (nSPS) is 18.2. The summed E-state index contributed by atoms with van der Waals surface area (Å²) in [6.45, 7) is 1.30. The number of hydrogen-bond acceptors (Lipinski definition) is 6. The molecule has 0 saturated carbocycles. The van der Waals surface area contributed by atoms with E-state index in [1.807, 2.05) is 33.7 Å². The van der Waals surface area contributed by atoms with Gasteiger partial charge >= 0.3 is 6.18 Å². The standard InChI is InChI=1S/C17H15F3N8/c18-17(19,20)16-24-22-13-6-7-14(25-28(13)16)26-8-3-4-11(10-26)15-23-21-12-5-1-2-9-27(12)15/h1-2,5-7,9,11H,3-4,8,10H2. The van der Waals surface area contributed by atoms with Crippen molar-refractivity contribution in [1.82, 2.24) is 34.4 Å². The van der Waals surface area contributed by atoms with Crippen molar-refractivity contribution in [2.45, 2.75) is 24.9 Å². The van der Waals surface area contributed by atoms with Gasteiger partial charge in [0.25, 0.3) is 5.82 Å². The molecule has 0 radical (unpaired) electrons. The molecule has 0 N–H and O–H groups in total. The van der Waals surface area contributed by atoms with Gasteiger partial charge in [-0.2, -0.15) is 17.7 Å². The highest BCUT2D eigenvalue weighted by atomic mass is 19.4. The molecule has 144 valence electrons. The van der Waals surface area contributed by atoms with Gasteiger partial charge in [-0.25, -0.2) is 0 Å². The van der Waals surface area contributed by atoms with Crippen LogP contribution in [0.1, 0.15) is 30.4 Å². The molecular weight excluding hydrogens is 373 g/mol. The Labute approximate surface area is 156 Å². The van der Waals surface area contributed by atoms with E-state index < -0.39 is 12.0 Å². The summed E-state index contributed by atoms with van der Waals surface area (Å²) in [4.78, 5) is 1.97. The fourth-order valence-corrected chi connectivity index (χ4v) is 3.66. The van der Waals surface area contributed by atoms with Crippen LogP contribution in [0, 0.1) is 0 Å². The molecule has 5 rings (SSSR count). The van der Waals surface area contributed by atoms with Crippen molar-refractivity contribution < 1.29 is 13.2 Å². The van der Waals surface area contributed by atoms with Gasteiger partial charge in [0, 0.05) is 25.2 Å². The second kappa shape index (κ2) is 6.14. The van der Waals surface area contributed by atoms with Crippen molar-refractivity contribution in [3.63, 3.8) is 0 Å². The van der Waals surface area contributed by atoms with Crippen molar-refractivity contribution in [1.29, 1.82) is 0 Å². The van der Waals surface area contributed by atoms with Crippen LogP contribution in [0.2, 0.25) is 0 Å². The number of alkyl halides is 3. The molecule has 0 amide bonds. The Bertz CT molecular complexity index is 1150. The summed E-state index contributed by atoms with van der Waals surface area (Å²) in [5.74, 6) is 0.283. The van der Waals surface area contributed by atoms with Gasteiger partial charge in [0.2, 0.25) is 0 Å². The molecule has 1 unspecified atom stereocenters. The average molecular weight is 388 g/mol. The number of halogens is 3. The minimum absolute atomic E-state index is 0.0630. The van der Waals surface area contributed by atoms with Gasteiger partial charge in [0.15, 0.2) is 11.3 Å². The Hall–Kier alpha value is -3.24. The topological polar surface area (TPSA) is 76.5 Å². The third kappa shape index (κ3) is 2.74. The molecule has 5 heterocycles. The summed E-state index contributed by atoms with van der Waals surface area (Å²) in [6, 6.07) is 8.88. The molecule has 1 atom stereocenters. The van der Waals surface area contributed by atoms with Gasteiger partial charge in [-0.3, -0.25) is 4.40 Å². The minimum atomic E-state index is -4.62. The molecule has 8 nitrogen and oxygen atoms in total. The van der Waals surface area contributed by atoms with E-state index in [0.717, 1.165) is 28.8 Å². The van der Waals surface area contributed by atoms with Crippen LogP contribution in [0.15, 0.2) is 36.5 Å². The van der Waals surface area contributed by atoms with E-state index >= 15 is 0 Å². The lowest BCUT2D eigenvalue weighted by atomic mass is 9.97. The Balaban J connectivity index is 1.48. The number of rotatable bonds is 2. The first kappa shape index (κ1) is 16.9. The first-order valence-corrected chi connectivity index (χ1v) is 8.85. The van der Waals surface area contributed by atoms with E-state index in [9.17, 15) is 13.2 Å². The Morgan fingerprint density at radius 2 is 1.82 bits per heavy atom. The van der Waals surface area contributed by atoms with Gasteiger partial charge in [0.1, 0.15) is 11.6 Å². The number of pyridine rings is 1. The second-order valence-electron chi connectivity index (χ2n) is 6.76. The van der Waals surface area contributed by atoms with E-state index in [2.05, 4.69) is 25.5 Å². The zero-order valence-corrected chi connectivity index (χ0v) is 14.6. The molecule has 0 aliphatic carbocycles. The third-order valence-corrected chi connectivity index (χ3v) is 4.95. The van der Waals surface area contributed by atoms with Crippen LogP contribution in [-0.4, -0.2) is 47.5 Å². The summed E-state index contributed by atoms with van der Waals surface area (Å²) in [5.41, 5.74) is 0.835. The predicted octanol–water partition coefficient (Wildman–Crippen LogP) is 2.57. The van der Waals surface area contributed by atoms with Crippen LogP contribution in [-0.2, 0) is 6.18 Å². The third-order valence-electron chi connectivity index (χ3n) is 4.95. The molecule has 1 fully saturated rings. The molecule has 28 heavy (non-hydrogen) atoms. The number of hydrogen-bond donors (Lipinski definition) is 0. The summed E-state index contributed by atoms with van der Waals surface area (Å²) in [5, 5.41) is 19.5. The van der Waals surface area contributed by atoms with E-state index in [-0.39, 0.29) is 11.6 Å². The number of nitrogens with zero attached hydrogens (tertiary/aromatic N) is 8. The average Bonchev–Trinajstić information content (AvgIpc) is 3.31. The van der Waals surface area contributed by atoms with Gasteiger partial charge in [-0.15, -0.1) is 25.5 Å². The molecule has 11 heteroatoms. The molecule has 0 spiro atoms. The van der Waals surface area contributed by atoms with Gasteiger partial charge in [-0.05, 0) is 37.1 Å². The van der Waals surface area contributed by atoms with Crippen molar-refractivity contribution in [2.24, 2.45) is 0 Å². The maximum absolute atomic E-state index is 13.1. The lowest BCUT2D eigenvalue weighted by Crippen LogP contribution is -2.36. The van der Waals surface area contributed by atoms with Crippen LogP contribution in [0.4, 0.5) is 19.0 Å². The Kier molecular flexibility index (Phi) is 3.71. The number of piperidine rings is 1. The van der Waals surface area contributed by atoms with Crippen molar-refractivity contribution in [2.75, 3.05) is 18.0 Å². The second-order valence-corrected chi connectivity index (χ2v) is 6.76. The highest BCUT2D eigenvalue weighted by Crippen LogP contribution is 2.30. The fraction of sp³-hybridized carbons (Fsp3) is 0.353. The maximum Gasteiger partial charge on any atom is 0.453 e. The molecule has 1 aliphatic rings. The molecule has 4 aromatic rings. The van der Waals surface area contributed by atoms with Crippen molar-refractivity contribution in [3.05, 3.63) is 48.2 Å². The van der Waals surface area contributed by atoms with Crippen molar-refractivity contribution in [3.8, 4) is 0 Å². The van der Waals surface area contributed by atoms with E-state index in [1.54, 1.807) is 6.07 Å². The number of fused-ring (bicyclic) bond motifs is 2. The van der Waals surface area contributed by atoms with Crippen LogP contribution in [0.5, 0.6) is 0 Å². The Morgan fingerprint density at radius 3 is 2.68 bits per heavy atom. The smallest absolute Gasteiger partial charge is 0.354 e. The minimum Gasteiger partial charge on any atom is -0.354 e. The van der Waals surface area contributed by atoms with Gasteiger partial charge < -0.3 is 4.90 Å². The largest absolute Gasteiger partial charge is 0.453 e. The SMILES string of the molecule is FC(F)(F)c1nnc2ccc(N3CCCC(c4nnc5ccccn45)C3)nn12. The van der Waals surface area contributed by atoms with Crippen LogP contribution in [0.25, 0.3) is 11.3 Å². The monoisotopic (exact) mass is 388 g/mol. The number of anilines is 1. The van der Waals surface area contributed by atoms with Gasteiger partial charge in [-0.1, -0.05) is 6.07 Å². The maximum atomic E-state index is 13.1. The molecular formula is C17H15F3N8. The lowest BCUT2D eigenvalue weighted by molar-refractivity contribution is -0.146. The zero-order chi connectivity index (χ0) is 19.3. The predicted molar refractivity (Wildman–Crippen MR) is 93.0 cm³/mol. The zero-order valence-electron chi connectivity index (χ0n) is 14.6. The highest BCUT2D eigenvalue weighted by molar-refractivity contribution is 5.47. The summed E-state index contributed by atoms with van der Waals surface area (Å²) < 4.78 is 42.1. The fourth-order valence-electron chi connectivity index (χ4n) is 3.66. The van der Waals surface area contributed by atoms with Crippen LogP contribution >= 0.6 is 0 Å². The van der Waals surface area contributed by atoms with E-state index in [1.165, 1.54) is 6.07 Å². The summed E-state index contributed by atoms with van der Waals surface area (Å²) >= 11 is 0. The summed E-state index contributed by atoms with van der Waals surface area (Å²) in [7, 11) is 0. The van der Waals surface area contributed by atoms with Gasteiger partial charge in [0.05, 0.1) is 0 Å². The molecule has 1 saturated heterocycles. The van der Waals surface area contributed by atoms with E-state index in [4.69, 9.17) is 0 Å². The Morgan fingerprint density at radius 1 is 0.964 bits per heavy atom. The quantitative estimate of drug-likeness (QED) is 0.525. The van der Waals surface area contributed by atoms with Crippen LogP contribution in [0.3, 0.4) is 0 Å². The molecule has 0 aromatic carbocycles. The highest BCUT2D eigenvalue weighted by Gasteiger charge is 2.38. The van der Waals surface area contributed by atoms with Crippen molar-refractivity contribution >= 4 is 17.1 Å². The lowest BCUT2D eigenvalue weighted by Gasteiger charge is -2.32. The van der Waals surface area contributed by atoms with E-state index in [0.29, 0.717) is 18.9 Å². The molecule has 0 bridgehead atoms. The first-order valence-electron chi connectivity index (χ1n) is 8.85. The van der Waals surface area contributed by atoms with Crippen LogP contribution < -0.4 is 4.90 Å².